The third-order valence-electron chi connectivity index (χ3n) is 7.13. The second kappa shape index (κ2) is 13.6. The predicted molar refractivity (Wildman–Crippen MR) is 166 cm³/mol. The molecule has 1 atom stereocenters. The summed E-state index contributed by atoms with van der Waals surface area (Å²) in [4.78, 5) is 12.6. The summed E-state index contributed by atoms with van der Waals surface area (Å²) in [6, 6.07) is 22.1. The van der Waals surface area contributed by atoms with E-state index in [-0.39, 0.29) is 36.2 Å². The van der Waals surface area contributed by atoms with Gasteiger partial charge in [0.25, 0.3) is 0 Å². The Morgan fingerprint density at radius 1 is 0.978 bits per heavy atom. The van der Waals surface area contributed by atoms with Gasteiger partial charge in [-0.1, -0.05) is 41.9 Å². The zero-order chi connectivity index (χ0) is 32.1. The smallest absolute Gasteiger partial charge is 0.349 e. The second-order valence-electron chi connectivity index (χ2n) is 10.3. The number of ether oxygens (including phenoxy) is 5. The highest BCUT2D eigenvalue weighted by Gasteiger charge is 2.32. The van der Waals surface area contributed by atoms with Gasteiger partial charge in [-0.15, -0.1) is 0 Å². The monoisotopic (exact) mass is 628 g/mol. The van der Waals surface area contributed by atoms with Crippen molar-refractivity contribution in [2.45, 2.75) is 33.3 Å². The molecule has 45 heavy (non-hydrogen) atoms. The summed E-state index contributed by atoms with van der Waals surface area (Å²) in [5.74, 6) is 0.202. The number of nitrogens with zero attached hydrogens (tertiary/aromatic N) is 1. The minimum absolute atomic E-state index is 0.00795. The van der Waals surface area contributed by atoms with Crippen LogP contribution in [0.25, 0.3) is 0 Å². The van der Waals surface area contributed by atoms with Crippen LogP contribution in [0.3, 0.4) is 0 Å². The van der Waals surface area contributed by atoms with Crippen LogP contribution >= 0.6 is 11.6 Å². The Morgan fingerprint density at radius 3 is 2.44 bits per heavy atom. The molecule has 8 nitrogen and oxygen atoms in total. The number of carbonyl (C=O) groups excluding carboxylic acids is 1. The minimum atomic E-state index is -0.624. The first-order chi connectivity index (χ1) is 21.7. The zero-order valence-corrected chi connectivity index (χ0v) is 25.6. The van der Waals surface area contributed by atoms with Crippen molar-refractivity contribution in [3.8, 4) is 34.8 Å². The normalized spacial score (nSPS) is 13.7. The van der Waals surface area contributed by atoms with Crippen LogP contribution in [-0.2, 0) is 11.4 Å². The van der Waals surface area contributed by atoms with Crippen LogP contribution in [0, 0.1) is 31.0 Å². The van der Waals surface area contributed by atoms with Gasteiger partial charge < -0.3 is 29.4 Å². The largest absolute Gasteiger partial charge is 0.490 e. The topological polar surface area (TPSA) is 113 Å². The zero-order valence-electron chi connectivity index (χ0n) is 24.9. The predicted octanol–water partition coefficient (Wildman–Crippen LogP) is 7.28. The molecule has 1 unspecified atom stereocenters. The molecule has 10 heteroatoms. The van der Waals surface area contributed by atoms with Crippen molar-refractivity contribution in [1.29, 1.82) is 5.26 Å². The molecular formula is C35H30ClFN2O6. The number of hydrogen-bond acceptors (Lipinski definition) is 8. The maximum Gasteiger partial charge on any atom is 0.349 e. The number of halogens is 2. The molecule has 1 heterocycles. The molecule has 0 aliphatic carbocycles. The molecule has 0 radical (unpaired) electrons. The van der Waals surface area contributed by atoms with Gasteiger partial charge >= 0.3 is 5.97 Å². The first kappa shape index (κ1) is 31.2. The van der Waals surface area contributed by atoms with Crippen LogP contribution in [0.15, 0.2) is 84.3 Å². The molecule has 5 rings (SSSR count). The lowest BCUT2D eigenvalue weighted by Gasteiger charge is -2.27. The summed E-state index contributed by atoms with van der Waals surface area (Å²) in [5.41, 5.74) is 9.79. The van der Waals surface area contributed by atoms with Crippen LogP contribution in [-0.4, -0.2) is 19.2 Å². The van der Waals surface area contributed by atoms with Crippen LogP contribution in [0.2, 0.25) is 5.02 Å². The number of esters is 1. The number of aryl methyl sites for hydroxylation is 2. The van der Waals surface area contributed by atoms with Crippen molar-refractivity contribution in [1.82, 2.24) is 0 Å². The highest BCUT2D eigenvalue weighted by atomic mass is 35.5. The fraction of sp³-hybridized carbons (Fsp3) is 0.200. The first-order valence-electron chi connectivity index (χ1n) is 14.1. The second-order valence-corrected chi connectivity index (χ2v) is 10.7. The van der Waals surface area contributed by atoms with Gasteiger partial charge in [0.05, 0.1) is 12.5 Å². The SMILES string of the molecule is CCOc1cc(C2C(C#N)=C(N)Oc3cc(OC(=O)COc4cc(C)c(Cl)c(C)c4)ccc32)ccc1OCc1ccccc1F. The van der Waals surface area contributed by atoms with Crippen molar-refractivity contribution in [3.05, 3.63) is 123 Å². The van der Waals surface area contributed by atoms with E-state index < -0.39 is 11.9 Å². The molecule has 2 N–H and O–H groups in total. The lowest BCUT2D eigenvalue weighted by molar-refractivity contribution is -0.136. The number of carbonyl (C=O) groups is 1. The third-order valence-corrected chi connectivity index (χ3v) is 7.73. The lowest BCUT2D eigenvalue weighted by Crippen LogP contribution is -2.22. The summed E-state index contributed by atoms with van der Waals surface area (Å²) in [7, 11) is 0. The van der Waals surface area contributed by atoms with Gasteiger partial charge in [0, 0.05) is 22.2 Å². The standard InChI is InChI=1S/C35H30ClFN2O6/c1-4-41-31-15-22(9-12-29(31)43-18-23-7-5-6-8-28(23)37)33-26-11-10-24(16-30(26)45-35(39)27(33)17-38)44-32(40)19-42-25-13-20(2)34(36)21(3)14-25/h5-16,33H,4,18-19,39H2,1-3H3. The quantitative estimate of drug-likeness (QED) is 0.144. The van der Waals surface area contributed by atoms with Crippen molar-refractivity contribution >= 4 is 17.6 Å². The minimum Gasteiger partial charge on any atom is -0.490 e. The highest BCUT2D eigenvalue weighted by molar-refractivity contribution is 6.32. The summed E-state index contributed by atoms with van der Waals surface area (Å²) in [5, 5.41) is 10.7. The van der Waals surface area contributed by atoms with Crippen molar-refractivity contribution < 1.29 is 32.9 Å². The maximum atomic E-state index is 14.1. The summed E-state index contributed by atoms with van der Waals surface area (Å²) in [6.45, 7) is 5.57. The average Bonchev–Trinajstić information content (AvgIpc) is 3.02. The number of allylic oxidation sites excluding steroid dienone is 1. The number of nitriles is 1. The van der Waals surface area contributed by atoms with Gasteiger partial charge in [-0.2, -0.15) is 5.26 Å². The van der Waals surface area contributed by atoms with Crippen LogP contribution in [0.5, 0.6) is 28.7 Å². The van der Waals surface area contributed by atoms with Gasteiger partial charge in [0.2, 0.25) is 5.88 Å². The third kappa shape index (κ3) is 6.97. The van der Waals surface area contributed by atoms with Crippen LogP contribution < -0.4 is 29.4 Å². The van der Waals surface area contributed by atoms with E-state index >= 15 is 0 Å². The molecule has 1 aliphatic rings. The molecule has 0 aromatic heterocycles. The van der Waals surface area contributed by atoms with Crippen LogP contribution in [0.4, 0.5) is 4.39 Å². The Hall–Kier alpha value is -5.20. The van der Waals surface area contributed by atoms with Crippen LogP contribution in [0.1, 0.15) is 40.7 Å². The van der Waals surface area contributed by atoms with Crippen molar-refractivity contribution in [2.24, 2.45) is 5.73 Å². The van der Waals surface area contributed by atoms with E-state index in [4.69, 9.17) is 41.0 Å². The van der Waals surface area contributed by atoms with E-state index in [9.17, 15) is 14.4 Å². The maximum absolute atomic E-state index is 14.1. The molecular weight excluding hydrogens is 599 g/mol. The molecule has 0 saturated carbocycles. The molecule has 0 fully saturated rings. The number of fused-ring (bicyclic) bond motifs is 1. The van der Waals surface area contributed by atoms with Crippen molar-refractivity contribution in [3.63, 3.8) is 0 Å². The van der Waals surface area contributed by atoms with E-state index in [0.29, 0.717) is 51.3 Å². The van der Waals surface area contributed by atoms with E-state index in [1.807, 2.05) is 20.8 Å². The molecule has 0 spiro atoms. The summed E-state index contributed by atoms with van der Waals surface area (Å²) in [6.07, 6.45) is 0. The molecule has 4 aromatic carbocycles. The van der Waals surface area contributed by atoms with Gasteiger partial charge in [-0.3, -0.25) is 0 Å². The molecule has 1 aliphatic heterocycles. The van der Waals surface area contributed by atoms with E-state index in [1.54, 1.807) is 60.7 Å². The number of nitrogens with two attached hydrogens (primary N) is 1. The van der Waals surface area contributed by atoms with Gasteiger partial charge in [-0.05, 0) is 73.9 Å². The molecule has 0 bridgehead atoms. The molecule has 0 saturated heterocycles. The fourth-order valence-electron chi connectivity index (χ4n) is 5.00. The summed E-state index contributed by atoms with van der Waals surface area (Å²) >= 11 is 6.21. The fourth-order valence-corrected chi connectivity index (χ4v) is 5.11. The number of hydrogen-bond donors (Lipinski definition) is 1. The first-order valence-corrected chi connectivity index (χ1v) is 14.5. The Kier molecular flexibility index (Phi) is 9.45. The molecule has 4 aromatic rings. The average molecular weight is 629 g/mol. The number of benzene rings is 4. The van der Waals surface area contributed by atoms with Gasteiger partial charge in [0.1, 0.15) is 41.3 Å². The number of rotatable bonds is 10. The molecule has 230 valence electrons. The van der Waals surface area contributed by atoms with E-state index in [2.05, 4.69) is 6.07 Å². The van der Waals surface area contributed by atoms with E-state index in [1.165, 1.54) is 12.1 Å². The van der Waals surface area contributed by atoms with Gasteiger partial charge in [-0.25, -0.2) is 9.18 Å². The summed E-state index contributed by atoms with van der Waals surface area (Å²) < 4.78 is 42.8. The Morgan fingerprint density at radius 2 is 1.73 bits per heavy atom. The Labute approximate surface area is 265 Å². The highest BCUT2D eigenvalue weighted by Crippen LogP contribution is 2.45. The Bertz CT molecular complexity index is 1810. The van der Waals surface area contributed by atoms with Crippen molar-refractivity contribution in [2.75, 3.05) is 13.2 Å². The van der Waals surface area contributed by atoms with E-state index in [0.717, 1.165) is 11.1 Å². The molecule has 0 amide bonds. The Balaban J connectivity index is 1.37. The van der Waals surface area contributed by atoms with Gasteiger partial charge in [0.15, 0.2) is 18.1 Å². The lowest BCUT2D eigenvalue weighted by atomic mass is 9.83.